The van der Waals surface area contributed by atoms with Crippen LogP contribution in [0.15, 0.2) is 12.4 Å². The lowest BCUT2D eigenvalue weighted by molar-refractivity contribution is -0.119. The van der Waals surface area contributed by atoms with Gasteiger partial charge in [-0.2, -0.15) is 5.10 Å². The number of hydrogen-bond acceptors (Lipinski definition) is 4. The van der Waals surface area contributed by atoms with Gasteiger partial charge in [0.25, 0.3) is 0 Å². The number of rotatable bonds is 6. The molecule has 2 heterocycles. The summed E-state index contributed by atoms with van der Waals surface area (Å²) in [4.78, 5) is 25.7. The van der Waals surface area contributed by atoms with Crippen LogP contribution in [0.5, 0.6) is 0 Å². The van der Waals surface area contributed by atoms with Crippen LogP contribution in [0.1, 0.15) is 24.4 Å². The van der Waals surface area contributed by atoms with E-state index in [0.717, 1.165) is 24.9 Å². The molecule has 0 aliphatic carbocycles. The lowest BCUT2D eigenvalue weighted by atomic mass is 9.86. The molecule has 0 unspecified atom stereocenters. The first kappa shape index (κ1) is 18.8. The first-order chi connectivity index (χ1) is 12.0. The van der Waals surface area contributed by atoms with E-state index in [9.17, 15) is 9.59 Å². The van der Waals surface area contributed by atoms with Crippen molar-refractivity contribution in [3.8, 4) is 12.3 Å². The molecule has 25 heavy (non-hydrogen) atoms. The van der Waals surface area contributed by atoms with Gasteiger partial charge >= 0.3 is 6.03 Å². The zero-order valence-electron chi connectivity index (χ0n) is 14.8. The van der Waals surface area contributed by atoms with Gasteiger partial charge in [0.1, 0.15) is 0 Å². The second-order valence-corrected chi connectivity index (χ2v) is 6.32. The van der Waals surface area contributed by atoms with Gasteiger partial charge in [-0.3, -0.25) is 14.4 Å². The summed E-state index contributed by atoms with van der Waals surface area (Å²) < 4.78 is 1.80. The standard InChI is InChI=1S/C17H26N6O2/c1-4-7-18-15(24)11-20-17(25)19-9-13-6-5-8-22(2)16(13)14-10-21-23(3)12-14/h1,10,12-13,16H,5-9,11H2,2-3H3,(H,18,24)(H2,19,20,25)/t13-,16-/m0/s1. The van der Waals surface area contributed by atoms with E-state index in [0.29, 0.717) is 12.5 Å². The summed E-state index contributed by atoms with van der Waals surface area (Å²) in [6, 6.07) is -0.129. The quantitative estimate of drug-likeness (QED) is 0.625. The summed E-state index contributed by atoms with van der Waals surface area (Å²) in [5, 5.41) is 12.2. The third kappa shape index (κ3) is 5.50. The number of aryl methyl sites for hydroxylation is 1. The summed E-state index contributed by atoms with van der Waals surface area (Å²) in [5.41, 5.74) is 1.16. The fourth-order valence-electron chi connectivity index (χ4n) is 3.25. The Morgan fingerprint density at radius 3 is 2.84 bits per heavy atom. The zero-order chi connectivity index (χ0) is 18.2. The molecule has 1 aliphatic rings. The largest absolute Gasteiger partial charge is 0.344 e. The lowest BCUT2D eigenvalue weighted by Crippen LogP contribution is -2.46. The smallest absolute Gasteiger partial charge is 0.315 e. The highest BCUT2D eigenvalue weighted by atomic mass is 16.2. The fourth-order valence-corrected chi connectivity index (χ4v) is 3.25. The van der Waals surface area contributed by atoms with E-state index in [1.54, 1.807) is 4.68 Å². The predicted molar refractivity (Wildman–Crippen MR) is 94.5 cm³/mol. The van der Waals surface area contributed by atoms with Crippen LogP contribution in [0, 0.1) is 18.3 Å². The third-order valence-corrected chi connectivity index (χ3v) is 4.40. The zero-order valence-corrected chi connectivity index (χ0v) is 14.8. The minimum absolute atomic E-state index is 0.0931. The molecule has 1 fully saturated rings. The number of likely N-dealkylation sites (tertiary alicyclic amines) is 1. The number of nitrogens with zero attached hydrogens (tertiary/aromatic N) is 3. The Labute approximate surface area is 148 Å². The van der Waals surface area contributed by atoms with Gasteiger partial charge in [0.05, 0.1) is 19.3 Å². The van der Waals surface area contributed by atoms with Gasteiger partial charge in [-0.05, 0) is 32.4 Å². The molecule has 3 amide bonds. The number of terminal acetylenes is 1. The van der Waals surface area contributed by atoms with Crippen molar-refractivity contribution in [2.45, 2.75) is 18.9 Å². The molecule has 8 nitrogen and oxygen atoms in total. The molecule has 2 atom stereocenters. The molecule has 8 heteroatoms. The maximum atomic E-state index is 11.9. The van der Waals surface area contributed by atoms with Crippen LogP contribution in [0.25, 0.3) is 0 Å². The van der Waals surface area contributed by atoms with Crippen LogP contribution in [-0.4, -0.2) is 59.8 Å². The minimum Gasteiger partial charge on any atom is -0.344 e. The van der Waals surface area contributed by atoms with Crippen LogP contribution < -0.4 is 16.0 Å². The van der Waals surface area contributed by atoms with Crippen molar-refractivity contribution in [3.63, 3.8) is 0 Å². The minimum atomic E-state index is -0.353. The van der Waals surface area contributed by atoms with Crippen molar-refractivity contribution < 1.29 is 9.59 Å². The Balaban J connectivity index is 1.84. The van der Waals surface area contributed by atoms with Crippen LogP contribution in [0.4, 0.5) is 4.79 Å². The molecule has 136 valence electrons. The number of piperidine rings is 1. The molecule has 0 aromatic carbocycles. The number of aromatic nitrogens is 2. The van der Waals surface area contributed by atoms with Gasteiger partial charge in [0.2, 0.25) is 5.91 Å². The Bertz CT molecular complexity index is 635. The Kier molecular flexibility index (Phi) is 6.83. The van der Waals surface area contributed by atoms with Gasteiger partial charge < -0.3 is 16.0 Å². The maximum absolute atomic E-state index is 11.9. The first-order valence-corrected chi connectivity index (χ1v) is 8.42. The van der Waals surface area contributed by atoms with Crippen molar-refractivity contribution >= 4 is 11.9 Å². The average Bonchev–Trinajstić information content (AvgIpc) is 3.02. The van der Waals surface area contributed by atoms with Crippen LogP contribution in [0.3, 0.4) is 0 Å². The number of amides is 3. The summed E-state index contributed by atoms with van der Waals surface area (Å²) >= 11 is 0. The van der Waals surface area contributed by atoms with Crippen molar-refractivity contribution in [2.75, 3.05) is 33.2 Å². The Hall–Kier alpha value is -2.53. The van der Waals surface area contributed by atoms with Gasteiger partial charge in [0.15, 0.2) is 0 Å². The summed E-state index contributed by atoms with van der Waals surface area (Å²) in [6.45, 7) is 1.63. The fraction of sp³-hybridized carbons (Fsp3) is 0.588. The molecular weight excluding hydrogens is 320 g/mol. The summed E-state index contributed by atoms with van der Waals surface area (Å²) in [7, 11) is 4.00. The predicted octanol–water partition coefficient (Wildman–Crippen LogP) is -0.148. The summed E-state index contributed by atoms with van der Waals surface area (Å²) in [5.74, 6) is 2.30. The molecule has 0 saturated carbocycles. The normalized spacial score (nSPS) is 20.5. The van der Waals surface area contributed by atoms with Crippen molar-refractivity contribution in [3.05, 3.63) is 18.0 Å². The molecule has 0 bridgehead atoms. The highest BCUT2D eigenvalue weighted by molar-refractivity contribution is 5.83. The third-order valence-electron chi connectivity index (χ3n) is 4.40. The van der Waals surface area contributed by atoms with Gasteiger partial charge in [-0.1, -0.05) is 5.92 Å². The van der Waals surface area contributed by atoms with Gasteiger partial charge in [-0.15, -0.1) is 6.42 Å². The maximum Gasteiger partial charge on any atom is 0.315 e. The highest BCUT2D eigenvalue weighted by Gasteiger charge is 2.31. The number of carbonyl (C=O) groups is 2. The van der Waals surface area contributed by atoms with Gasteiger partial charge in [-0.25, -0.2) is 4.79 Å². The van der Waals surface area contributed by atoms with E-state index < -0.39 is 0 Å². The second kappa shape index (κ2) is 9.08. The van der Waals surface area contributed by atoms with Crippen LogP contribution in [-0.2, 0) is 11.8 Å². The van der Waals surface area contributed by atoms with E-state index in [1.165, 1.54) is 0 Å². The molecule has 1 aromatic rings. The van der Waals surface area contributed by atoms with Crippen LogP contribution >= 0.6 is 0 Å². The van der Waals surface area contributed by atoms with E-state index in [2.05, 4.69) is 38.9 Å². The van der Waals surface area contributed by atoms with Gasteiger partial charge in [0, 0.05) is 31.4 Å². The topological polar surface area (TPSA) is 91.3 Å². The van der Waals surface area contributed by atoms with E-state index >= 15 is 0 Å². The van der Waals surface area contributed by atoms with Crippen LogP contribution in [0.2, 0.25) is 0 Å². The van der Waals surface area contributed by atoms with E-state index in [-0.39, 0.29) is 31.1 Å². The number of urea groups is 1. The lowest BCUT2D eigenvalue weighted by Gasteiger charge is -2.38. The molecular formula is C17H26N6O2. The molecule has 0 spiro atoms. The van der Waals surface area contributed by atoms with Crippen molar-refractivity contribution in [1.29, 1.82) is 0 Å². The number of hydrogen-bond donors (Lipinski definition) is 3. The first-order valence-electron chi connectivity index (χ1n) is 8.42. The second-order valence-electron chi connectivity index (χ2n) is 6.32. The number of carbonyl (C=O) groups excluding carboxylic acids is 2. The molecule has 1 aromatic heterocycles. The molecule has 1 saturated heterocycles. The SMILES string of the molecule is C#CCNC(=O)CNC(=O)NC[C@@H]1CCCN(C)[C@@H]1c1cnn(C)c1. The number of nitrogens with one attached hydrogen (secondary N) is 3. The monoisotopic (exact) mass is 346 g/mol. The van der Waals surface area contributed by atoms with E-state index in [1.807, 2.05) is 19.4 Å². The van der Waals surface area contributed by atoms with Crippen molar-refractivity contribution in [1.82, 2.24) is 30.6 Å². The molecule has 1 aliphatic heterocycles. The summed E-state index contributed by atoms with van der Waals surface area (Å²) in [6.07, 6.45) is 11.1. The molecule has 2 rings (SSSR count). The Morgan fingerprint density at radius 2 is 2.16 bits per heavy atom. The molecule has 0 radical (unpaired) electrons. The molecule has 3 N–H and O–H groups in total. The Morgan fingerprint density at radius 1 is 1.36 bits per heavy atom. The highest BCUT2D eigenvalue weighted by Crippen LogP contribution is 2.34. The van der Waals surface area contributed by atoms with E-state index in [4.69, 9.17) is 6.42 Å². The average molecular weight is 346 g/mol. The van der Waals surface area contributed by atoms with Crippen molar-refractivity contribution in [2.24, 2.45) is 13.0 Å².